The molecule has 0 bridgehead atoms. The molecule has 0 aliphatic rings. The van der Waals surface area contributed by atoms with Crippen LogP contribution in [0, 0.1) is 10.5 Å². The second-order valence-electron chi connectivity index (χ2n) is 3.96. The van der Waals surface area contributed by atoms with Gasteiger partial charge in [0.1, 0.15) is 16.3 Å². The van der Waals surface area contributed by atoms with Crippen LogP contribution in [0.5, 0.6) is 0 Å². The third-order valence-corrected chi connectivity index (χ3v) is 3.16. The number of hydrogen-bond acceptors (Lipinski definition) is 2. The van der Waals surface area contributed by atoms with Crippen molar-refractivity contribution in [3.63, 3.8) is 0 Å². The first-order valence-electron chi connectivity index (χ1n) is 5.61. The number of benzene rings is 1. The van der Waals surface area contributed by atoms with Gasteiger partial charge >= 0.3 is 0 Å². The highest BCUT2D eigenvalue weighted by Gasteiger charge is 2.05. The second kappa shape index (κ2) is 5.59. The molecule has 0 aliphatic carbocycles. The van der Waals surface area contributed by atoms with E-state index in [0.717, 1.165) is 23.5 Å². The predicted octanol–water partition coefficient (Wildman–Crippen LogP) is 4.08. The van der Waals surface area contributed by atoms with Crippen LogP contribution < -0.4 is 0 Å². The first kappa shape index (κ1) is 13.2. The molecular formula is C13H12ClFN2S. The van der Waals surface area contributed by atoms with Gasteiger partial charge in [0.05, 0.1) is 0 Å². The Hall–Kier alpha value is -1.26. The summed E-state index contributed by atoms with van der Waals surface area (Å²) in [6.07, 6.45) is 1.37. The molecule has 0 radical (unpaired) electrons. The molecule has 0 fully saturated rings. The highest BCUT2D eigenvalue weighted by molar-refractivity contribution is 7.71. The summed E-state index contributed by atoms with van der Waals surface area (Å²) in [5, 5.41) is 0.401. The fourth-order valence-electron chi connectivity index (χ4n) is 1.68. The van der Waals surface area contributed by atoms with Crippen LogP contribution in [0.1, 0.15) is 24.0 Å². The lowest BCUT2D eigenvalue weighted by atomic mass is 10.1. The summed E-state index contributed by atoms with van der Waals surface area (Å²) in [7, 11) is 0. The third kappa shape index (κ3) is 3.15. The van der Waals surface area contributed by atoms with Crippen molar-refractivity contribution in [2.75, 3.05) is 0 Å². The van der Waals surface area contributed by atoms with E-state index in [4.69, 9.17) is 23.8 Å². The van der Waals surface area contributed by atoms with Crippen molar-refractivity contribution in [3.8, 4) is 0 Å². The number of aromatic nitrogens is 2. The quantitative estimate of drug-likeness (QED) is 0.859. The zero-order valence-corrected chi connectivity index (χ0v) is 11.4. The van der Waals surface area contributed by atoms with Gasteiger partial charge in [-0.2, -0.15) is 0 Å². The van der Waals surface area contributed by atoms with Crippen LogP contribution in [0.15, 0.2) is 24.3 Å². The second-order valence-corrected chi connectivity index (χ2v) is 4.78. The number of H-pyrrole nitrogens is 1. The van der Waals surface area contributed by atoms with Gasteiger partial charge in [-0.3, -0.25) is 0 Å². The third-order valence-electron chi connectivity index (χ3n) is 2.60. The molecule has 0 unspecified atom stereocenters. The van der Waals surface area contributed by atoms with Gasteiger partial charge < -0.3 is 4.98 Å². The maximum absolute atomic E-state index is 12.9. The number of nitrogens with zero attached hydrogens (tertiary/aromatic N) is 1. The predicted molar refractivity (Wildman–Crippen MR) is 73.0 cm³/mol. The van der Waals surface area contributed by atoms with E-state index >= 15 is 0 Å². The Morgan fingerprint density at radius 2 is 2.17 bits per heavy atom. The number of hydrogen-bond donors (Lipinski definition) is 1. The van der Waals surface area contributed by atoms with E-state index in [9.17, 15) is 4.39 Å². The molecule has 1 aromatic heterocycles. The molecule has 5 heteroatoms. The van der Waals surface area contributed by atoms with Crippen molar-refractivity contribution in [2.45, 2.75) is 19.8 Å². The number of halogens is 2. The summed E-state index contributed by atoms with van der Waals surface area (Å²) in [5.74, 6) is 0.403. The lowest BCUT2D eigenvalue weighted by Gasteiger charge is -2.06. The van der Waals surface area contributed by atoms with Gasteiger partial charge in [0.15, 0.2) is 0 Å². The first-order valence-corrected chi connectivity index (χ1v) is 6.40. The summed E-state index contributed by atoms with van der Waals surface area (Å²) in [6, 6.07) is 6.19. The molecule has 0 aliphatic heterocycles. The molecule has 0 saturated carbocycles. The fraction of sp³-hybridized carbons (Fsp3) is 0.231. The van der Waals surface area contributed by atoms with Crippen LogP contribution in [-0.4, -0.2) is 9.97 Å². The van der Waals surface area contributed by atoms with Crippen LogP contribution in [0.2, 0.25) is 5.02 Å². The standard InChI is InChI=1S/C13H12ClFN2S/c1-2-10-7-13(18)17-12(16-10)5-8-3-4-9(15)6-11(8)14/h3-4,6-7H,2,5H2,1H3,(H,16,17,18). The van der Waals surface area contributed by atoms with E-state index in [-0.39, 0.29) is 5.82 Å². The van der Waals surface area contributed by atoms with Crippen LogP contribution in [0.4, 0.5) is 4.39 Å². The lowest BCUT2D eigenvalue weighted by molar-refractivity contribution is 0.627. The van der Waals surface area contributed by atoms with Crippen molar-refractivity contribution in [1.82, 2.24) is 9.97 Å². The van der Waals surface area contributed by atoms with Gasteiger partial charge in [-0.05, 0) is 30.2 Å². The highest BCUT2D eigenvalue weighted by atomic mass is 35.5. The topological polar surface area (TPSA) is 28.7 Å². The van der Waals surface area contributed by atoms with Crippen molar-refractivity contribution in [3.05, 3.63) is 56.8 Å². The molecule has 1 N–H and O–H groups in total. The van der Waals surface area contributed by atoms with Crippen molar-refractivity contribution < 1.29 is 4.39 Å². The fourth-order valence-corrected chi connectivity index (χ4v) is 2.17. The minimum Gasteiger partial charge on any atom is -0.347 e. The van der Waals surface area contributed by atoms with Gasteiger partial charge in [-0.25, -0.2) is 9.37 Å². The van der Waals surface area contributed by atoms with Crippen molar-refractivity contribution in [2.24, 2.45) is 0 Å². The zero-order valence-electron chi connectivity index (χ0n) is 9.84. The van der Waals surface area contributed by atoms with Gasteiger partial charge in [-0.15, -0.1) is 0 Å². The van der Waals surface area contributed by atoms with Gasteiger partial charge in [0.2, 0.25) is 0 Å². The number of nitrogens with one attached hydrogen (secondary N) is 1. The van der Waals surface area contributed by atoms with E-state index < -0.39 is 0 Å². The number of aryl methyl sites for hydroxylation is 1. The normalized spacial score (nSPS) is 10.6. The Labute approximate surface area is 115 Å². The molecule has 94 valence electrons. The summed E-state index contributed by atoms with van der Waals surface area (Å²) in [5.41, 5.74) is 1.85. The van der Waals surface area contributed by atoms with Crippen LogP contribution >= 0.6 is 23.8 Å². The van der Waals surface area contributed by atoms with Crippen LogP contribution in [0.3, 0.4) is 0 Å². The van der Waals surface area contributed by atoms with Gasteiger partial charge in [0.25, 0.3) is 0 Å². The molecule has 18 heavy (non-hydrogen) atoms. The Morgan fingerprint density at radius 3 is 2.83 bits per heavy atom. The van der Waals surface area contributed by atoms with E-state index in [1.807, 2.05) is 13.0 Å². The van der Waals surface area contributed by atoms with Gasteiger partial charge in [-0.1, -0.05) is 36.8 Å². The van der Waals surface area contributed by atoms with Crippen molar-refractivity contribution >= 4 is 23.8 Å². The largest absolute Gasteiger partial charge is 0.347 e. The SMILES string of the molecule is CCc1cc(=S)nc(Cc2ccc(F)cc2Cl)[nH]1. The summed E-state index contributed by atoms with van der Waals surface area (Å²) in [4.78, 5) is 7.44. The Bertz CT molecular complexity index is 625. The minimum absolute atomic E-state index is 0.341. The summed E-state index contributed by atoms with van der Waals surface area (Å²) in [6.45, 7) is 2.04. The lowest BCUT2D eigenvalue weighted by Crippen LogP contribution is -2.01. The maximum atomic E-state index is 12.9. The molecule has 1 heterocycles. The number of aromatic amines is 1. The Morgan fingerprint density at radius 1 is 1.39 bits per heavy atom. The van der Waals surface area contributed by atoms with Crippen molar-refractivity contribution in [1.29, 1.82) is 0 Å². The van der Waals surface area contributed by atoms with E-state index in [2.05, 4.69) is 9.97 Å². The highest BCUT2D eigenvalue weighted by Crippen LogP contribution is 2.19. The number of rotatable bonds is 3. The molecule has 0 amide bonds. The molecule has 0 saturated heterocycles. The van der Waals surface area contributed by atoms with Crippen LogP contribution in [-0.2, 0) is 12.8 Å². The van der Waals surface area contributed by atoms with E-state index in [1.165, 1.54) is 12.1 Å². The van der Waals surface area contributed by atoms with Crippen LogP contribution in [0.25, 0.3) is 0 Å². The Balaban J connectivity index is 2.33. The summed E-state index contributed by atoms with van der Waals surface area (Å²) >= 11 is 11.1. The minimum atomic E-state index is -0.341. The molecule has 0 spiro atoms. The molecule has 2 aromatic rings. The average Bonchev–Trinajstić information content (AvgIpc) is 2.32. The van der Waals surface area contributed by atoms with E-state index in [1.54, 1.807) is 6.07 Å². The zero-order chi connectivity index (χ0) is 13.1. The molecule has 2 rings (SSSR count). The molecule has 2 nitrogen and oxygen atoms in total. The monoisotopic (exact) mass is 282 g/mol. The smallest absolute Gasteiger partial charge is 0.130 e. The average molecular weight is 283 g/mol. The Kier molecular flexibility index (Phi) is 4.09. The first-order chi connectivity index (χ1) is 8.58. The maximum Gasteiger partial charge on any atom is 0.130 e. The summed E-state index contributed by atoms with van der Waals surface area (Å²) < 4.78 is 13.5. The molecular weight excluding hydrogens is 271 g/mol. The van der Waals surface area contributed by atoms with E-state index in [0.29, 0.717) is 16.1 Å². The molecule has 0 atom stereocenters. The van der Waals surface area contributed by atoms with Gasteiger partial charge in [0, 0.05) is 17.1 Å². The molecule has 1 aromatic carbocycles.